The number of carbonyl (C=O) groups excluding carboxylic acids is 1. The Kier molecular flexibility index (Phi) is 8.01. The molecule has 0 heterocycles. The summed E-state index contributed by atoms with van der Waals surface area (Å²) in [7, 11) is 0. The summed E-state index contributed by atoms with van der Waals surface area (Å²) < 4.78 is 0. The molecular weight excluding hydrogens is 262 g/mol. The predicted molar refractivity (Wildman–Crippen MR) is 89.5 cm³/mol. The van der Waals surface area contributed by atoms with Crippen LogP contribution in [0.25, 0.3) is 0 Å². The second kappa shape index (κ2) is 9.53. The summed E-state index contributed by atoms with van der Waals surface area (Å²) in [6.45, 7) is 11.7. The van der Waals surface area contributed by atoms with Crippen molar-refractivity contribution in [2.24, 2.45) is 0 Å². The van der Waals surface area contributed by atoms with Gasteiger partial charge >= 0.3 is 0 Å². The number of amides is 1. The summed E-state index contributed by atoms with van der Waals surface area (Å²) in [4.78, 5) is 14.4. The zero-order valence-corrected chi connectivity index (χ0v) is 13.8. The first kappa shape index (κ1) is 17.7. The van der Waals surface area contributed by atoms with Crippen LogP contribution in [0.15, 0.2) is 24.3 Å². The number of hydrogen-bond acceptors (Lipinski definition) is 3. The van der Waals surface area contributed by atoms with Gasteiger partial charge in [0.2, 0.25) is 5.91 Å². The van der Waals surface area contributed by atoms with Gasteiger partial charge in [0.1, 0.15) is 0 Å². The van der Waals surface area contributed by atoms with Crippen molar-refractivity contribution in [2.45, 2.75) is 46.7 Å². The molecule has 1 unspecified atom stereocenters. The molecule has 0 fully saturated rings. The van der Waals surface area contributed by atoms with E-state index in [1.807, 2.05) is 18.2 Å². The molecule has 4 heteroatoms. The van der Waals surface area contributed by atoms with Crippen molar-refractivity contribution in [2.75, 3.05) is 25.0 Å². The van der Waals surface area contributed by atoms with E-state index in [4.69, 9.17) is 0 Å². The minimum atomic E-state index is 0.0160. The molecule has 4 nitrogen and oxygen atoms in total. The minimum Gasteiger partial charge on any atom is -0.325 e. The number of rotatable bonds is 9. The number of hydrogen-bond donors (Lipinski definition) is 2. The fourth-order valence-corrected chi connectivity index (χ4v) is 2.07. The van der Waals surface area contributed by atoms with Crippen molar-refractivity contribution < 1.29 is 4.79 Å². The van der Waals surface area contributed by atoms with Gasteiger partial charge in [0.25, 0.3) is 0 Å². The number of carbonyl (C=O) groups is 1. The fourth-order valence-electron chi connectivity index (χ4n) is 2.07. The highest BCUT2D eigenvalue weighted by Gasteiger charge is 2.09. The SMILES string of the molecule is CCC(C)NCC(=O)Nc1ccccc1CN(CC)CC. The summed E-state index contributed by atoms with van der Waals surface area (Å²) in [5, 5.41) is 6.23. The van der Waals surface area contributed by atoms with Crippen LogP contribution in [0.3, 0.4) is 0 Å². The summed E-state index contributed by atoms with van der Waals surface area (Å²) in [5.74, 6) is 0.0160. The van der Waals surface area contributed by atoms with E-state index in [-0.39, 0.29) is 5.91 Å². The average molecular weight is 291 g/mol. The largest absolute Gasteiger partial charge is 0.325 e. The van der Waals surface area contributed by atoms with Crippen LogP contribution in [-0.2, 0) is 11.3 Å². The third-order valence-electron chi connectivity index (χ3n) is 3.80. The average Bonchev–Trinajstić information content (AvgIpc) is 2.51. The van der Waals surface area contributed by atoms with E-state index in [1.54, 1.807) is 0 Å². The number of anilines is 1. The number of nitrogens with zero attached hydrogens (tertiary/aromatic N) is 1. The minimum absolute atomic E-state index is 0.0160. The molecule has 0 bridgehead atoms. The second-order valence-corrected chi connectivity index (χ2v) is 5.36. The smallest absolute Gasteiger partial charge is 0.238 e. The van der Waals surface area contributed by atoms with Crippen molar-refractivity contribution in [3.8, 4) is 0 Å². The molecule has 0 aliphatic carbocycles. The summed E-state index contributed by atoms with van der Waals surface area (Å²) >= 11 is 0. The van der Waals surface area contributed by atoms with Crippen LogP contribution in [0.4, 0.5) is 5.69 Å². The molecule has 0 aromatic heterocycles. The van der Waals surface area contributed by atoms with Crippen molar-refractivity contribution in [1.82, 2.24) is 10.2 Å². The molecule has 1 atom stereocenters. The van der Waals surface area contributed by atoms with Gasteiger partial charge in [-0.05, 0) is 38.1 Å². The molecule has 118 valence electrons. The van der Waals surface area contributed by atoms with Crippen molar-refractivity contribution in [3.05, 3.63) is 29.8 Å². The first-order chi connectivity index (χ1) is 10.1. The van der Waals surface area contributed by atoms with Gasteiger partial charge in [0.15, 0.2) is 0 Å². The predicted octanol–water partition coefficient (Wildman–Crippen LogP) is 2.86. The van der Waals surface area contributed by atoms with Crippen molar-refractivity contribution in [1.29, 1.82) is 0 Å². The lowest BCUT2D eigenvalue weighted by Crippen LogP contribution is -2.34. The van der Waals surface area contributed by atoms with Crippen LogP contribution in [0.2, 0.25) is 0 Å². The maximum absolute atomic E-state index is 12.0. The Hall–Kier alpha value is -1.39. The molecule has 1 aromatic carbocycles. The van der Waals surface area contributed by atoms with E-state index in [9.17, 15) is 4.79 Å². The van der Waals surface area contributed by atoms with E-state index in [0.717, 1.165) is 37.3 Å². The highest BCUT2D eigenvalue weighted by molar-refractivity contribution is 5.93. The molecule has 2 N–H and O–H groups in total. The van der Waals surface area contributed by atoms with Crippen LogP contribution in [0, 0.1) is 0 Å². The molecule has 0 radical (unpaired) electrons. The Morgan fingerprint density at radius 2 is 1.86 bits per heavy atom. The summed E-state index contributed by atoms with van der Waals surface area (Å²) in [5.41, 5.74) is 2.08. The third-order valence-corrected chi connectivity index (χ3v) is 3.80. The van der Waals surface area contributed by atoms with E-state index >= 15 is 0 Å². The van der Waals surface area contributed by atoms with Gasteiger partial charge in [-0.1, -0.05) is 39.0 Å². The highest BCUT2D eigenvalue weighted by Crippen LogP contribution is 2.17. The normalized spacial score (nSPS) is 12.4. The summed E-state index contributed by atoms with van der Waals surface area (Å²) in [6, 6.07) is 8.40. The molecule has 1 rings (SSSR count). The maximum Gasteiger partial charge on any atom is 0.238 e. The molecule has 0 saturated carbocycles. The molecular formula is C17H29N3O. The van der Waals surface area contributed by atoms with Gasteiger partial charge in [-0.15, -0.1) is 0 Å². The van der Waals surface area contributed by atoms with Crippen LogP contribution in [0.5, 0.6) is 0 Å². The van der Waals surface area contributed by atoms with Gasteiger partial charge < -0.3 is 10.6 Å². The maximum atomic E-state index is 12.0. The van der Waals surface area contributed by atoms with E-state index in [2.05, 4.69) is 49.3 Å². The Morgan fingerprint density at radius 1 is 1.19 bits per heavy atom. The summed E-state index contributed by atoms with van der Waals surface area (Å²) in [6.07, 6.45) is 1.02. The molecule has 0 spiro atoms. The Morgan fingerprint density at radius 3 is 2.48 bits per heavy atom. The zero-order valence-electron chi connectivity index (χ0n) is 13.8. The van der Waals surface area contributed by atoms with E-state index < -0.39 is 0 Å². The number of benzene rings is 1. The Bertz CT molecular complexity index is 430. The van der Waals surface area contributed by atoms with Gasteiger partial charge in [-0.25, -0.2) is 0 Å². The molecule has 1 aromatic rings. The second-order valence-electron chi connectivity index (χ2n) is 5.36. The van der Waals surface area contributed by atoms with E-state index in [0.29, 0.717) is 12.6 Å². The lowest BCUT2D eigenvalue weighted by molar-refractivity contribution is -0.115. The molecule has 0 aliphatic rings. The van der Waals surface area contributed by atoms with Gasteiger partial charge in [0.05, 0.1) is 6.54 Å². The lowest BCUT2D eigenvalue weighted by Gasteiger charge is -2.20. The molecule has 1 amide bonds. The van der Waals surface area contributed by atoms with Crippen molar-refractivity contribution >= 4 is 11.6 Å². The Labute approximate surface area is 128 Å². The monoisotopic (exact) mass is 291 g/mol. The van der Waals surface area contributed by atoms with Crippen LogP contribution in [0.1, 0.15) is 39.7 Å². The molecule has 21 heavy (non-hydrogen) atoms. The third kappa shape index (κ3) is 6.27. The van der Waals surface area contributed by atoms with Crippen molar-refractivity contribution in [3.63, 3.8) is 0 Å². The van der Waals surface area contributed by atoms with Gasteiger partial charge in [-0.2, -0.15) is 0 Å². The Balaban J connectivity index is 2.64. The first-order valence-electron chi connectivity index (χ1n) is 7.94. The quantitative estimate of drug-likeness (QED) is 0.735. The lowest BCUT2D eigenvalue weighted by atomic mass is 10.1. The zero-order chi connectivity index (χ0) is 15.7. The van der Waals surface area contributed by atoms with E-state index in [1.165, 1.54) is 0 Å². The fraction of sp³-hybridized carbons (Fsp3) is 0.588. The first-order valence-corrected chi connectivity index (χ1v) is 7.94. The topological polar surface area (TPSA) is 44.4 Å². The number of para-hydroxylation sites is 1. The van der Waals surface area contributed by atoms with Gasteiger partial charge in [0, 0.05) is 18.3 Å². The van der Waals surface area contributed by atoms with Crippen LogP contribution in [-0.4, -0.2) is 36.5 Å². The highest BCUT2D eigenvalue weighted by atomic mass is 16.1. The number of nitrogens with one attached hydrogen (secondary N) is 2. The van der Waals surface area contributed by atoms with Crippen LogP contribution < -0.4 is 10.6 Å². The van der Waals surface area contributed by atoms with Crippen LogP contribution >= 0.6 is 0 Å². The molecule has 0 aliphatic heterocycles. The standard InChI is InChI=1S/C17H29N3O/c1-5-14(4)18-12-17(21)19-16-11-9-8-10-15(16)13-20(6-2)7-3/h8-11,14,18H,5-7,12-13H2,1-4H3,(H,19,21). The molecule has 0 saturated heterocycles. The van der Waals surface area contributed by atoms with Gasteiger partial charge in [-0.3, -0.25) is 9.69 Å².